The first-order chi connectivity index (χ1) is 7.33. The maximum Gasteiger partial charge on any atom is 0.262 e. The Morgan fingerprint density at radius 3 is 3.20 bits per heavy atom. The summed E-state index contributed by atoms with van der Waals surface area (Å²) in [5.41, 5.74) is 0.963. The van der Waals surface area contributed by atoms with Crippen LogP contribution in [-0.4, -0.2) is 25.5 Å². The molecule has 2 N–H and O–H groups in total. The zero-order valence-electron chi connectivity index (χ0n) is 7.83. The second-order valence-corrected chi connectivity index (χ2v) is 3.74. The number of H-pyrrole nitrogens is 2. The van der Waals surface area contributed by atoms with E-state index in [2.05, 4.69) is 36.1 Å². The van der Waals surface area contributed by atoms with Crippen molar-refractivity contribution in [3.63, 3.8) is 0 Å². The Balaban J connectivity index is 2.48. The maximum atomic E-state index is 11.5. The number of nitrogens with zero attached hydrogens (tertiary/aromatic N) is 2. The van der Waals surface area contributed by atoms with Gasteiger partial charge in [0.15, 0.2) is 5.65 Å². The van der Waals surface area contributed by atoms with Crippen molar-refractivity contribution in [2.24, 2.45) is 0 Å². The van der Waals surface area contributed by atoms with E-state index < -0.39 is 0 Å². The molecule has 0 aromatic carbocycles. The number of alkyl halides is 1. The van der Waals surface area contributed by atoms with Crippen molar-refractivity contribution < 1.29 is 0 Å². The van der Waals surface area contributed by atoms with Gasteiger partial charge in [-0.2, -0.15) is 5.10 Å². The monoisotopic (exact) mass is 268 g/mol. The number of hydrogen-bond donors (Lipinski definition) is 2. The molecule has 6 heteroatoms. The van der Waals surface area contributed by atoms with Gasteiger partial charge in [0.1, 0.15) is 5.39 Å². The third-order valence-electron chi connectivity index (χ3n) is 1.95. The molecular weight excluding hydrogens is 260 g/mol. The SMILES string of the molecule is O=c1[nH]cnc2n[nH]c(C=CCCBr)c12. The number of fused-ring (bicyclic) bond motifs is 1. The summed E-state index contributed by atoms with van der Waals surface area (Å²) in [6, 6.07) is 0. The van der Waals surface area contributed by atoms with Crippen LogP contribution in [0.1, 0.15) is 12.1 Å². The summed E-state index contributed by atoms with van der Waals surface area (Å²) in [4.78, 5) is 18.0. The van der Waals surface area contributed by atoms with Gasteiger partial charge in [-0.05, 0) is 12.5 Å². The van der Waals surface area contributed by atoms with E-state index in [1.54, 1.807) is 0 Å². The highest BCUT2D eigenvalue weighted by Crippen LogP contribution is 2.09. The van der Waals surface area contributed by atoms with Gasteiger partial charge in [0.05, 0.1) is 12.0 Å². The standard InChI is InChI=1S/C9H9BrN4O/c10-4-2-1-3-6-7-8(14-13-6)11-5-12-9(7)15/h1,3,5H,2,4H2,(H2,11,12,13,14,15). The van der Waals surface area contributed by atoms with Crippen LogP contribution in [0.5, 0.6) is 0 Å². The van der Waals surface area contributed by atoms with E-state index in [4.69, 9.17) is 0 Å². The molecule has 0 atom stereocenters. The number of halogens is 1. The lowest BCUT2D eigenvalue weighted by Crippen LogP contribution is -2.05. The predicted molar refractivity (Wildman–Crippen MR) is 62.0 cm³/mol. The Kier molecular flexibility index (Phi) is 2.96. The van der Waals surface area contributed by atoms with E-state index in [1.165, 1.54) is 6.33 Å². The molecule has 0 amide bonds. The van der Waals surface area contributed by atoms with E-state index in [0.29, 0.717) is 16.7 Å². The zero-order chi connectivity index (χ0) is 10.7. The molecular formula is C9H9BrN4O. The summed E-state index contributed by atoms with van der Waals surface area (Å²) in [7, 11) is 0. The number of hydrogen-bond acceptors (Lipinski definition) is 3. The minimum absolute atomic E-state index is 0.174. The van der Waals surface area contributed by atoms with Crippen LogP contribution in [0.4, 0.5) is 0 Å². The molecule has 2 heterocycles. The fourth-order valence-electron chi connectivity index (χ4n) is 1.27. The van der Waals surface area contributed by atoms with Crippen molar-refractivity contribution >= 4 is 33.0 Å². The van der Waals surface area contributed by atoms with Crippen LogP contribution in [0, 0.1) is 0 Å². The van der Waals surface area contributed by atoms with Gasteiger partial charge in [-0.15, -0.1) is 0 Å². The molecule has 2 rings (SSSR count). The van der Waals surface area contributed by atoms with Gasteiger partial charge in [0.2, 0.25) is 0 Å². The van der Waals surface area contributed by atoms with Crippen molar-refractivity contribution in [1.29, 1.82) is 0 Å². The van der Waals surface area contributed by atoms with Crippen LogP contribution in [0.3, 0.4) is 0 Å². The van der Waals surface area contributed by atoms with Gasteiger partial charge in [0.25, 0.3) is 5.56 Å². The highest BCUT2D eigenvalue weighted by atomic mass is 79.9. The van der Waals surface area contributed by atoms with Crippen molar-refractivity contribution in [2.75, 3.05) is 5.33 Å². The average molecular weight is 269 g/mol. The first kappa shape index (κ1) is 10.1. The molecule has 0 aliphatic heterocycles. The predicted octanol–water partition coefficient (Wildman–Crippen LogP) is 1.44. The van der Waals surface area contributed by atoms with Crippen molar-refractivity contribution in [3.05, 3.63) is 28.5 Å². The molecule has 78 valence electrons. The zero-order valence-corrected chi connectivity index (χ0v) is 9.41. The van der Waals surface area contributed by atoms with E-state index in [9.17, 15) is 4.79 Å². The minimum atomic E-state index is -0.174. The van der Waals surface area contributed by atoms with Gasteiger partial charge in [0, 0.05) is 5.33 Å². The van der Waals surface area contributed by atoms with Crippen LogP contribution >= 0.6 is 15.9 Å². The van der Waals surface area contributed by atoms with Crippen LogP contribution in [-0.2, 0) is 0 Å². The van der Waals surface area contributed by atoms with Crippen LogP contribution in [0.15, 0.2) is 17.2 Å². The summed E-state index contributed by atoms with van der Waals surface area (Å²) in [5, 5.41) is 8.11. The van der Waals surface area contributed by atoms with E-state index >= 15 is 0 Å². The fourth-order valence-corrected chi connectivity index (χ4v) is 1.54. The largest absolute Gasteiger partial charge is 0.312 e. The Morgan fingerprint density at radius 1 is 1.53 bits per heavy atom. The molecule has 0 bridgehead atoms. The lowest BCUT2D eigenvalue weighted by molar-refractivity contribution is 1.08. The summed E-state index contributed by atoms with van der Waals surface area (Å²) in [6.07, 6.45) is 6.05. The van der Waals surface area contributed by atoms with Crippen molar-refractivity contribution in [3.8, 4) is 0 Å². The Labute approximate surface area is 93.7 Å². The molecule has 0 aliphatic rings. The Bertz CT molecular complexity index is 542. The Morgan fingerprint density at radius 2 is 2.40 bits per heavy atom. The molecule has 2 aromatic rings. The second-order valence-electron chi connectivity index (χ2n) is 2.95. The number of rotatable bonds is 3. The Hall–Kier alpha value is -1.43. The molecule has 0 radical (unpaired) electrons. The van der Waals surface area contributed by atoms with Gasteiger partial charge in [-0.1, -0.05) is 22.0 Å². The minimum Gasteiger partial charge on any atom is -0.312 e. The average Bonchev–Trinajstić information content (AvgIpc) is 2.63. The number of aromatic nitrogens is 4. The first-order valence-corrected chi connectivity index (χ1v) is 5.59. The van der Waals surface area contributed by atoms with Crippen LogP contribution < -0.4 is 5.56 Å². The normalized spacial score (nSPS) is 11.5. The summed E-state index contributed by atoms with van der Waals surface area (Å²) in [5.74, 6) is 0. The molecule has 15 heavy (non-hydrogen) atoms. The molecule has 0 spiro atoms. The quantitative estimate of drug-likeness (QED) is 0.828. The van der Waals surface area contributed by atoms with E-state index in [0.717, 1.165) is 11.8 Å². The van der Waals surface area contributed by atoms with Gasteiger partial charge >= 0.3 is 0 Å². The summed E-state index contributed by atoms with van der Waals surface area (Å²) >= 11 is 3.32. The lowest BCUT2D eigenvalue weighted by atomic mass is 10.2. The van der Waals surface area contributed by atoms with Crippen LogP contribution in [0.2, 0.25) is 0 Å². The first-order valence-electron chi connectivity index (χ1n) is 4.47. The fraction of sp³-hybridized carbons (Fsp3) is 0.222. The highest BCUT2D eigenvalue weighted by Gasteiger charge is 2.06. The smallest absolute Gasteiger partial charge is 0.262 e. The third kappa shape index (κ3) is 1.99. The topological polar surface area (TPSA) is 74.4 Å². The highest BCUT2D eigenvalue weighted by molar-refractivity contribution is 9.09. The van der Waals surface area contributed by atoms with Gasteiger partial charge in [-0.3, -0.25) is 9.89 Å². The third-order valence-corrected chi connectivity index (χ3v) is 2.40. The maximum absolute atomic E-state index is 11.5. The molecule has 0 saturated heterocycles. The molecule has 0 fully saturated rings. The molecule has 0 aliphatic carbocycles. The molecule has 0 saturated carbocycles. The van der Waals surface area contributed by atoms with Crippen molar-refractivity contribution in [2.45, 2.75) is 6.42 Å². The van der Waals surface area contributed by atoms with Gasteiger partial charge < -0.3 is 4.98 Å². The van der Waals surface area contributed by atoms with Crippen molar-refractivity contribution in [1.82, 2.24) is 20.2 Å². The molecule has 2 aromatic heterocycles. The molecule has 5 nitrogen and oxygen atoms in total. The number of allylic oxidation sites excluding steroid dienone is 1. The summed E-state index contributed by atoms with van der Waals surface area (Å²) < 4.78 is 0. The van der Waals surface area contributed by atoms with E-state index in [1.807, 2.05) is 12.2 Å². The van der Waals surface area contributed by atoms with Gasteiger partial charge in [-0.25, -0.2) is 4.98 Å². The van der Waals surface area contributed by atoms with Crippen LogP contribution in [0.25, 0.3) is 17.1 Å². The number of aromatic amines is 2. The summed E-state index contributed by atoms with van der Waals surface area (Å²) in [6.45, 7) is 0. The molecule has 0 unspecified atom stereocenters. The van der Waals surface area contributed by atoms with E-state index in [-0.39, 0.29) is 5.56 Å². The lowest BCUT2D eigenvalue weighted by Gasteiger charge is -1.88. The second kappa shape index (κ2) is 4.39. The number of nitrogens with one attached hydrogen (secondary N) is 2.